The van der Waals surface area contributed by atoms with Crippen molar-refractivity contribution in [3.8, 4) is 0 Å². The van der Waals surface area contributed by atoms with Gasteiger partial charge in [0.15, 0.2) is 0 Å². The molecule has 5 heteroatoms. The predicted octanol–water partition coefficient (Wildman–Crippen LogP) is 1.69. The first kappa shape index (κ1) is 11.0. The van der Waals surface area contributed by atoms with E-state index in [-0.39, 0.29) is 12.0 Å². The van der Waals surface area contributed by atoms with Gasteiger partial charge < -0.3 is 14.5 Å². The number of aromatic nitrogens is 2. The highest BCUT2D eigenvalue weighted by Crippen LogP contribution is 2.32. The molecule has 1 aliphatic heterocycles. The molecule has 1 saturated carbocycles. The molecule has 2 atom stereocenters. The van der Waals surface area contributed by atoms with Crippen LogP contribution < -0.4 is 4.90 Å². The Morgan fingerprint density at radius 3 is 2.76 bits per heavy atom. The zero-order chi connectivity index (χ0) is 11.7. The largest absolute Gasteiger partial charge is 0.393 e. The van der Waals surface area contributed by atoms with Gasteiger partial charge in [-0.05, 0) is 37.3 Å². The number of nitrogens with zero attached hydrogens (tertiary/aromatic N) is 3. The molecule has 2 heterocycles. The van der Waals surface area contributed by atoms with Crippen molar-refractivity contribution in [3.63, 3.8) is 0 Å². The molecular weight excluding hydrogens is 218 g/mol. The second kappa shape index (κ2) is 4.64. The van der Waals surface area contributed by atoms with E-state index in [2.05, 4.69) is 15.0 Å². The summed E-state index contributed by atoms with van der Waals surface area (Å²) in [7, 11) is 0. The van der Waals surface area contributed by atoms with Gasteiger partial charge in [0.1, 0.15) is 0 Å². The van der Waals surface area contributed by atoms with Crippen molar-refractivity contribution in [2.24, 2.45) is 0 Å². The van der Waals surface area contributed by atoms with Gasteiger partial charge >= 0.3 is 0 Å². The Morgan fingerprint density at radius 1 is 1.18 bits per heavy atom. The summed E-state index contributed by atoms with van der Waals surface area (Å²) >= 11 is 0. The second-order valence-corrected chi connectivity index (χ2v) is 5.14. The molecule has 0 amide bonds. The number of hydrogen-bond acceptors (Lipinski definition) is 5. The highest BCUT2D eigenvalue weighted by Gasteiger charge is 2.27. The van der Waals surface area contributed by atoms with E-state index < -0.39 is 0 Å². The van der Waals surface area contributed by atoms with Crippen LogP contribution in [0.3, 0.4) is 0 Å². The van der Waals surface area contributed by atoms with Crippen LogP contribution in [-0.4, -0.2) is 34.4 Å². The molecule has 0 radical (unpaired) electrons. The van der Waals surface area contributed by atoms with E-state index in [1.807, 2.05) is 0 Å². The molecule has 94 valence electrons. The fourth-order valence-electron chi connectivity index (χ4n) is 2.83. The first-order chi connectivity index (χ1) is 8.33. The van der Waals surface area contributed by atoms with E-state index in [1.54, 1.807) is 0 Å². The molecule has 2 aliphatic rings. The van der Waals surface area contributed by atoms with Crippen LogP contribution in [0.4, 0.5) is 5.95 Å². The lowest BCUT2D eigenvalue weighted by atomic mass is 9.87. The minimum Gasteiger partial charge on any atom is -0.393 e. The maximum atomic E-state index is 9.66. The molecular formula is C12H19N3O2. The van der Waals surface area contributed by atoms with Crippen molar-refractivity contribution in [2.45, 2.75) is 50.5 Å². The lowest BCUT2D eigenvalue weighted by Crippen LogP contribution is -2.20. The third-order valence-corrected chi connectivity index (χ3v) is 3.82. The number of aliphatic hydroxyl groups excluding tert-OH is 1. The van der Waals surface area contributed by atoms with Gasteiger partial charge in [0.25, 0.3) is 5.95 Å². The average Bonchev–Trinajstić information content (AvgIpc) is 3.00. The minimum absolute atomic E-state index is 0.198. The normalized spacial score (nSPS) is 29.8. The van der Waals surface area contributed by atoms with Crippen molar-refractivity contribution < 1.29 is 9.63 Å². The summed E-state index contributed by atoms with van der Waals surface area (Å²) in [5.41, 5.74) is 0. The molecule has 2 fully saturated rings. The maximum absolute atomic E-state index is 9.66. The molecule has 3 rings (SSSR count). The van der Waals surface area contributed by atoms with Crippen LogP contribution >= 0.6 is 0 Å². The van der Waals surface area contributed by atoms with E-state index in [0.29, 0.717) is 5.89 Å². The highest BCUT2D eigenvalue weighted by atomic mass is 16.5. The average molecular weight is 237 g/mol. The number of aliphatic hydroxyl groups is 1. The van der Waals surface area contributed by atoms with Crippen LogP contribution in [0.15, 0.2) is 4.52 Å². The number of rotatable bonds is 2. The van der Waals surface area contributed by atoms with Crippen LogP contribution in [0.5, 0.6) is 0 Å². The van der Waals surface area contributed by atoms with Crippen LogP contribution in [-0.2, 0) is 0 Å². The molecule has 5 nitrogen and oxygen atoms in total. The zero-order valence-electron chi connectivity index (χ0n) is 10.0. The topological polar surface area (TPSA) is 62.4 Å². The summed E-state index contributed by atoms with van der Waals surface area (Å²) in [5, 5.41) is 13.7. The molecule has 1 aliphatic carbocycles. The fraction of sp³-hybridized carbons (Fsp3) is 0.833. The summed E-state index contributed by atoms with van der Waals surface area (Å²) in [6, 6.07) is 0. The van der Waals surface area contributed by atoms with Gasteiger partial charge in [0.2, 0.25) is 5.89 Å². The monoisotopic (exact) mass is 237 g/mol. The number of hydrogen-bond donors (Lipinski definition) is 1. The van der Waals surface area contributed by atoms with E-state index in [1.165, 1.54) is 12.8 Å². The predicted molar refractivity (Wildman–Crippen MR) is 63.0 cm³/mol. The van der Waals surface area contributed by atoms with Crippen LogP contribution in [0.25, 0.3) is 0 Å². The Labute approximate surface area is 101 Å². The molecule has 0 aromatic carbocycles. The zero-order valence-corrected chi connectivity index (χ0v) is 10.0. The van der Waals surface area contributed by atoms with E-state index >= 15 is 0 Å². The van der Waals surface area contributed by atoms with Gasteiger partial charge in [-0.25, -0.2) is 0 Å². The van der Waals surface area contributed by atoms with Gasteiger partial charge in [-0.2, -0.15) is 4.98 Å². The Kier molecular flexibility index (Phi) is 3.01. The van der Waals surface area contributed by atoms with Gasteiger partial charge in [0, 0.05) is 19.0 Å². The smallest absolute Gasteiger partial charge is 0.266 e. The Morgan fingerprint density at radius 2 is 2.00 bits per heavy atom. The molecule has 1 N–H and O–H groups in total. The van der Waals surface area contributed by atoms with E-state index in [4.69, 9.17) is 4.52 Å². The second-order valence-electron chi connectivity index (χ2n) is 5.14. The third kappa shape index (κ3) is 2.29. The Bertz CT molecular complexity index is 374. The van der Waals surface area contributed by atoms with Crippen LogP contribution in [0, 0.1) is 0 Å². The quantitative estimate of drug-likeness (QED) is 0.848. The fourth-order valence-corrected chi connectivity index (χ4v) is 2.83. The summed E-state index contributed by atoms with van der Waals surface area (Å²) in [5.74, 6) is 1.70. The van der Waals surface area contributed by atoms with E-state index in [9.17, 15) is 5.11 Å². The Balaban J connectivity index is 1.70. The van der Waals surface area contributed by atoms with Gasteiger partial charge in [-0.3, -0.25) is 0 Å². The van der Waals surface area contributed by atoms with Crippen LogP contribution in [0.1, 0.15) is 50.3 Å². The first-order valence-electron chi connectivity index (χ1n) is 6.59. The molecule has 0 spiro atoms. The summed E-state index contributed by atoms with van der Waals surface area (Å²) in [4.78, 5) is 6.66. The number of anilines is 1. The minimum atomic E-state index is -0.198. The molecule has 2 unspecified atom stereocenters. The molecule has 0 bridgehead atoms. The van der Waals surface area contributed by atoms with Gasteiger partial charge in [-0.15, -0.1) is 0 Å². The molecule has 1 aromatic heterocycles. The van der Waals surface area contributed by atoms with E-state index in [0.717, 1.165) is 44.7 Å². The lowest BCUT2D eigenvalue weighted by molar-refractivity contribution is 0.111. The summed E-state index contributed by atoms with van der Waals surface area (Å²) in [6.07, 6.45) is 6.01. The summed E-state index contributed by atoms with van der Waals surface area (Å²) < 4.78 is 5.35. The SMILES string of the molecule is OC1CCCC(c2nc(N3CCCC3)no2)C1. The van der Waals surface area contributed by atoms with Gasteiger partial charge in [0.05, 0.1) is 6.10 Å². The molecule has 17 heavy (non-hydrogen) atoms. The van der Waals surface area contributed by atoms with Crippen molar-refractivity contribution in [1.82, 2.24) is 10.1 Å². The summed E-state index contributed by atoms with van der Waals surface area (Å²) in [6.45, 7) is 2.07. The standard InChI is InChI=1S/C12H19N3O2/c16-10-5-3-4-9(8-10)11-13-12(14-17-11)15-6-1-2-7-15/h9-10,16H,1-8H2. The molecule has 1 aromatic rings. The Hall–Kier alpha value is -1.10. The van der Waals surface area contributed by atoms with Crippen molar-refractivity contribution in [1.29, 1.82) is 0 Å². The van der Waals surface area contributed by atoms with Crippen molar-refractivity contribution >= 4 is 5.95 Å². The maximum Gasteiger partial charge on any atom is 0.266 e. The first-order valence-corrected chi connectivity index (χ1v) is 6.59. The highest BCUT2D eigenvalue weighted by molar-refractivity contribution is 5.29. The van der Waals surface area contributed by atoms with Crippen molar-refractivity contribution in [2.75, 3.05) is 18.0 Å². The third-order valence-electron chi connectivity index (χ3n) is 3.82. The lowest BCUT2D eigenvalue weighted by Gasteiger charge is -2.22. The molecule has 1 saturated heterocycles. The van der Waals surface area contributed by atoms with Crippen LogP contribution in [0.2, 0.25) is 0 Å². The van der Waals surface area contributed by atoms with Crippen molar-refractivity contribution in [3.05, 3.63) is 5.89 Å². The van der Waals surface area contributed by atoms with Gasteiger partial charge in [-0.1, -0.05) is 6.42 Å².